The molecule has 0 radical (unpaired) electrons. The van der Waals surface area contributed by atoms with E-state index in [2.05, 4.69) is 28.1 Å². The van der Waals surface area contributed by atoms with Crippen LogP contribution in [0.15, 0.2) is 47.5 Å². The summed E-state index contributed by atoms with van der Waals surface area (Å²) < 4.78 is 3.70. The van der Waals surface area contributed by atoms with Gasteiger partial charge in [0.2, 0.25) is 0 Å². The molecule has 1 atom stereocenters. The van der Waals surface area contributed by atoms with Crippen molar-refractivity contribution in [3.8, 4) is 0 Å². The normalized spacial score (nSPS) is 16.5. The first-order valence-corrected chi connectivity index (χ1v) is 7.80. The lowest BCUT2D eigenvalue weighted by Crippen LogP contribution is -2.26. The molecule has 0 N–H and O–H groups in total. The van der Waals surface area contributed by atoms with Crippen LogP contribution >= 0.6 is 15.9 Å². The minimum atomic E-state index is 0.129. The molecule has 0 aliphatic heterocycles. The van der Waals surface area contributed by atoms with Crippen LogP contribution in [-0.4, -0.2) is 14.5 Å². The molecule has 19 heavy (non-hydrogen) atoms. The van der Waals surface area contributed by atoms with Gasteiger partial charge in [0.25, 0.3) is 0 Å². The Bertz CT molecular complexity index is 598. The lowest BCUT2D eigenvalue weighted by molar-refractivity contribution is 0.567. The molecule has 1 heterocycles. The number of halogens is 1. The van der Waals surface area contributed by atoms with Crippen LogP contribution in [0.5, 0.6) is 0 Å². The molecule has 2 aromatic rings. The predicted molar refractivity (Wildman–Crippen MR) is 79.9 cm³/mol. The van der Waals surface area contributed by atoms with E-state index in [-0.39, 0.29) is 5.69 Å². The minimum Gasteiger partial charge on any atom is -0.299 e. The van der Waals surface area contributed by atoms with E-state index >= 15 is 0 Å². The van der Waals surface area contributed by atoms with Crippen LogP contribution in [0.4, 0.5) is 0 Å². The van der Waals surface area contributed by atoms with Crippen LogP contribution in [-0.2, 0) is 6.54 Å². The van der Waals surface area contributed by atoms with Gasteiger partial charge in [-0.25, -0.2) is 4.79 Å². The van der Waals surface area contributed by atoms with Crippen molar-refractivity contribution in [2.45, 2.75) is 31.3 Å². The van der Waals surface area contributed by atoms with Crippen molar-refractivity contribution >= 4 is 15.9 Å². The number of aromatic nitrogens is 2. The van der Waals surface area contributed by atoms with Gasteiger partial charge in [0.1, 0.15) is 0 Å². The van der Waals surface area contributed by atoms with E-state index < -0.39 is 0 Å². The summed E-state index contributed by atoms with van der Waals surface area (Å²) in [6.45, 7) is 0.730. The summed E-state index contributed by atoms with van der Waals surface area (Å²) in [6, 6.07) is 10.8. The fourth-order valence-corrected chi connectivity index (χ4v) is 2.98. The van der Waals surface area contributed by atoms with Gasteiger partial charge in [0.05, 0.1) is 0 Å². The van der Waals surface area contributed by atoms with Crippen LogP contribution in [0.3, 0.4) is 0 Å². The molecule has 1 fully saturated rings. The lowest BCUT2D eigenvalue weighted by atomic mass is 10.0. The zero-order valence-corrected chi connectivity index (χ0v) is 12.3. The molecule has 0 saturated heterocycles. The van der Waals surface area contributed by atoms with Crippen molar-refractivity contribution < 1.29 is 0 Å². The van der Waals surface area contributed by atoms with Gasteiger partial charge < -0.3 is 0 Å². The monoisotopic (exact) mass is 320 g/mol. The van der Waals surface area contributed by atoms with Crippen LogP contribution in [0.2, 0.25) is 0 Å². The molecule has 1 unspecified atom stereocenters. The molecular formula is C15H17BrN2O. The maximum atomic E-state index is 12.2. The van der Waals surface area contributed by atoms with Crippen LogP contribution < -0.4 is 5.69 Å². The highest BCUT2D eigenvalue weighted by Crippen LogP contribution is 2.33. The first-order valence-electron chi connectivity index (χ1n) is 6.68. The van der Waals surface area contributed by atoms with Gasteiger partial charge in [0, 0.05) is 36.2 Å². The molecule has 0 spiro atoms. The quantitative estimate of drug-likeness (QED) is 0.777. The lowest BCUT2D eigenvalue weighted by Gasteiger charge is -2.14. The van der Waals surface area contributed by atoms with Crippen molar-refractivity contribution in [1.29, 1.82) is 0 Å². The second-order valence-electron chi connectivity index (χ2n) is 5.13. The minimum absolute atomic E-state index is 0.129. The number of alkyl halides is 1. The third-order valence-corrected chi connectivity index (χ3v) is 4.47. The van der Waals surface area contributed by atoms with E-state index in [0.29, 0.717) is 12.0 Å². The van der Waals surface area contributed by atoms with Crippen LogP contribution in [0.25, 0.3) is 0 Å². The van der Waals surface area contributed by atoms with Crippen molar-refractivity contribution in [2.24, 2.45) is 0 Å². The summed E-state index contributed by atoms with van der Waals surface area (Å²) in [4.78, 5) is 12.2. The average molecular weight is 321 g/mol. The number of rotatable bonds is 5. The Morgan fingerprint density at radius 1 is 1.21 bits per heavy atom. The Morgan fingerprint density at radius 3 is 2.58 bits per heavy atom. The maximum Gasteiger partial charge on any atom is 0.328 e. The van der Waals surface area contributed by atoms with E-state index in [9.17, 15) is 4.79 Å². The molecule has 1 saturated carbocycles. The Labute approximate surface area is 121 Å². The standard InChI is InChI=1S/C15H17BrN2O/c16-10-13(12-4-2-1-3-5-12)11-17-8-9-18(15(17)19)14-6-7-14/h1-5,8-9,13-14H,6-7,10-11H2. The van der Waals surface area contributed by atoms with Gasteiger partial charge in [-0.15, -0.1) is 0 Å². The van der Waals surface area contributed by atoms with Crippen molar-refractivity contribution in [1.82, 2.24) is 9.13 Å². The number of benzene rings is 1. The summed E-state index contributed by atoms with van der Waals surface area (Å²) in [5.74, 6) is 0.328. The van der Waals surface area contributed by atoms with Gasteiger partial charge >= 0.3 is 5.69 Å². The summed E-state index contributed by atoms with van der Waals surface area (Å²) in [5.41, 5.74) is 1.40. The maximum absolute atomic E-state index is 12.2. The Hall–Kier alpha value is -1.29. The Balaban J connectivity index is 1.81. The number of imidazole rings is 1. The first kappa shape index (κ1) is 12.7. The van der Waals surface area contributed by atoms with E-state index in [1.165, 1.54) is 5.56 Å². The second kappa shape index (κ2) is 5.37. The van der Waals surface area contributed by atoms with E-state index in [0.717, 1.165) is 24.7 Å². The van der Waals surface area contributed by atoms with Gasteiger partial charge in [-0.05, 0) is 18.4 Å². The van der Waals surface area contributed by atoms with E-state index in [1.54, 1.807) is 0 Å². The highest BCUT2D eigenvalue weighted by atomic mass is 79.9. The number of hydrogen-bond acceptors (Lipinski definition) is 1. The largest absolute Gasteiger partial charge is 0.328 e. The second-order valence-corrected chi connectivity index (χ2v) is 5.78. The van der Waals surface area contributed by atoms with Crippen LogP contribution in [0.1, 0.15) is 30.4 Å². The third-order valence-electron chi connectivity index (χ3n) is 3.69. The van der Waals surface area contributed by atoms with Crippen molar-refractivity contribution in [2.75, 3.05) is 5.33 Å². The molecule has 0 bridgehead atoms. The smallest absolute Gasteiger partial charge is 0.299 e. The molecule has 1 aliphatic carbocycles. The molecule has 1 aromatic heterocycles. The van der Waals surface area contributed by atoms with Gasteiger partial charge in [-0.1, -0.05) is 46.3 Å². The summed E-state index contributed by atoms with van der Waals surface area (Å²) in [6.07, 6.45) is 6.13. The van der Waals surface area contributed by atoms with Crippen molar-refractivity contribution in [3.63, 3.8) is 0 Å². The summed E-state index contributed by atoms with van der Waals surface area (Å²) in [5, 5.41) is 0.859. The van der Waals surface area contributed by atoms with Crippen LogP contribution in [0, 0.1) is 0 Å². The SMILES string of the molecule is O=c1n(CC(CBr)c2ccccc2)ccn1C1CC1. The van der Waals surface area contributed by atoms with E-state index in [4.69, 9.17) is 0 Å². The number of hydrogen-bond donors (Lipinski definition) is 0. The fourth-order valence-electron chi connectivity index (χ4n) is 2.40. The van der Waals surface area contributed by atoms with Gasteiger partial charge in [-0.2, -0.15) is 0 Å². The first-order chi connectivity index (χ1) is 9.29. The Morgan fingerprint density at radius 2 is 1.95 bits per heavy atom. The fraction of sp³-hybridized carbons (Fsp3) is 0.400. The molecule has 3 nitrogen and oxygen atoms in total. The molecular weight excluding hydrogens is 304 g/mol. The van der Waals surface area contributed by atoms with Crippen molar-refractivity contribution in [3.05, 3.63) is 58.8 Å². The predicted octanol–water partition coefficient (Wildman–Crippen LogP) is 3.16. The molecule has 1 aromatic carbocycles. The zero-order valence-electron chi connectivity index (χ0n) is 10.7. The highest BCUT2D eigenvalue weighted by Gasteiger charge is 2.25. The number of nitrogens with zero attached hydrogens (tertiary/aromatic N) is 2. The average Bonchev–Trinajstić information content (AvgIpc) is 3.22. The van der Waals surface area contributed by atoms with Gasteiger partial charge in [-0.3, -0.25) is 9.13 Å². The molecule has 1 aliphatic rings. The topological polar surface area (TPSA) is 26.9 Å². The molecule has 100 valence electrons. The molecule has 0 amide bonds. The summed E-state index contributed by atoms with van der Waals surface area (Å²) in [7, 11) is 0. The highest BCUT2D eigenvalue weighted by molar-refractivity contribution is 9.09. The van der Waals surface area contributed by atoms with E-state index in [1.807, 2.05) is 39.7 Å². The van der Waals surface area contributed by atoms with Gasteiger partial charge in [0.15, 0.2) is 0 Å². The summed E-state index contributed by atoms with van der Waals surface area (Å²) >= 11 is 3.56. The molecule has 3 rings (SSSR count). The Kier molecular flexibility index (Phi) is 3.60. The molecule has 4 heteroatoms. The zero-order chi connectivity index (χ0) is 13.2. The third kappa shape index (κ3) is 2.68.